The van der Waals surface area contributed by atoms with E-state index in [-0.39, 0.29) is 12.0 Å². The topological polar surface area (TPSA) is 64.0 Å². The number of rotatable bonds is 5. The van der Waals surface area contributed by atoms with E-state index in [1.807, 2.05) is 12.1 Å². The predicted octanol–water partition coefficient (Wildman–Crippen LogP) is 3.56. The molecule has 0 saturated heterocycles. The molecule has 1 N–H and O–H groups in total. The van der Waals surface area contributed by atoms with Crippen LogP contribution in [0.4, 0.5) is 13.2 Å². The highest BCUT2D eigenvalue weighted by Gasteiger charge is 2.38. The molecule has 152 valence electrons. The monoisotopic (exact) mass is 413 g/mol. The predicted molar refractivity (Wildman–Crippen MR) is 98.9 cm³/mol. The average molecular weight is 413 g/mol. The van der Waals surface area contributed by atoms with E-state index in [9.17, 15) is 21.6 Å². The van der Waals surface area contributed by atoms with Crippen LogP contribution >= 0.6 is 0 Å². The maximum atomic E-state index is 13.1. The van der Waals surface area contributed by atoms with Gasteiger partial charge in [-0.3, -0.25) is 0 Å². The largest absolute Gasteiger partial charge is 0.435 e. The Bertz CT molecular complexity index is 1010. The third-order valence-electron chi connectivity index (χ3n) is 5.34. The molecule has 0 aliphatic heterocycles. The van der Waals surface area contributed by atoms with E-state index in [0.717, 1.165) is 30.0 Å². The highest BCUT2D eigenvalue weighted by atomic mass is 32.2. The second-order valence-corrected chi connectivity index (χ2v) is 10.2. The van der Waals surface area contributed by atoms with Crippen LogP contribution in [-0.2, 0) is 29.0 Å². The minimum atomic E-state index is -4.48. The van der Waals surface area contributed by atoms with Gasteiger partial charge in [0.1, 0.15) is 0 Å². The number of aromatic nitrogens is 2. The van der Waals surface area contributed by atoms with E-state index >= 15 is 0 Å². The molecule has 1 heterocycles. The van der Waals surface area contributed by atoms with Gasteiger partial charge in [0.15, 0.2) is 5.69 Å². The summed E-state index contributed by atoms with van der Waals surface area (Å²) < 4.78 is 67.8. The van der Waals surface area contributed by atoms with Crippen LogP contribution in [0.15, 0.2) is 24.3 Å². The average Bonchev–Trinajstić information content (AvgIpc) is 3.19. The van der Waals surface area contributed by atoms with Crippen molar-refractivity contribution < 1.29 is 21.6 Å². The molecular formula is C19H22F3N3O2S. The molecule has 0 amide bonds. The smallest absolute Gasteiger partial charge is 0.237 e. The minimum absolute atomic E-state index is 0.113. The van der Waals surface area contributed by atoms with Crippen LogP contribution in [-0.4, -0.2) is 29.5 Å². The molecule has 2 aliphatic rings. The van der Waals surface area contributed by atoms with E-state index in [2.05, 4.69) is 9.82 Å². The number of benzene rings is 1. The number of nitrogens with one attached hydrogen (secondary N) is 1. The summed E-state index contributed by atoms with van der Waals surface area (Å²) in [5.74, 6) is 0.113. The Morgan fingerprint density at radius 3 is 2.43 bits per heavy atom. The Kier molecular flexibility index (Phi) is 4.58. The van der Waals surface area contributed by atoms with Gasteiger partial charge in [0.05, 0.1) is 10.9 Å². The Morgan fingerprint density at radius 2 is 1.82 bits per heavy atom. The lowest BCUT2D eigenvalue weighted by molar-refractivity contribution is -0.141. The fourth-order valence-corrected chi connectivity index (χ4v) is 4.50. The SMILES string of the molecule is CC(C)S(=O)(=O)N[C@@H]1Cc2ccc(-n3nc(C(F)(F)F)cc3C3CC3)cc2C1. The second kappa shape index (κ2) is 6.59. The van der Waals surface area contributed by atoms with Crippen molar-refractivity contribution in [1.29, 1.82) is 0 Å². The molecule has 1 saturated carbocycles. The van der Waals surface area contributed by atoms with Crippen LogP contribution in [0.1, 0.15) is 55.1 Å². The fraction of sp³-hybridized carbons (Fsp3) is 0.526. The zero-order valence-electron chi connectivity index (χ0n) is 15.6. The Balaban J connectivity index is 1.62. The molecule has 1 atom stereocenters. The van der Waals surface area contributed by atoms with E-state index in [1.165, 1.54) is 4.68 Å². The first-order valence-electron chi connectivity index (χ1n) is 9.35. The molecule has 5 nitrogen and oxygen atoms in total. The van der Waals surface area contributed by atoms with Crippen LogP contribution in [0.2, 0.25) is 0 Å². The van der Waals surface area contributed by atoms with Gasteiger partial charge in [0, 0.05) is 17.7 Å². The van der Waals surface area contributed by atoms with Gasteiger partial charge in [-0.15, -0.1) is 0 Å². The van der Waals surface area contributed by atoms with Gasteiger partial charge in [-0.2, -0.15) is 18.3 Å². The van der Waals surface area contributed by atoms with Crippen LogP contribution < -0.4 is 4.72 Å². The summed E-state index contributed by atoms with van der Waals surface area (Å²) in [5, 5.41) is 3.30. The molecule has 9 heteroatoms. The summed E-state index contributed by atoms with van der Waals surface area (Å²) in [7, 11) is -3.38. The van der Waals surface area contributed by atoms with Crippen molar-refractivity contribution in [1.82, 2.24) is 14.5 Å². The Labute approximate surface area is 162 Å². The first kappa shape index (κ1) is 19.4. The highest BCUT2D eigenvalue weighted by Crippen LogP contribution is 2.43. The van der Waals surface area contributed by atoms with Crippen molar-refractivity contribution in [3.63, 3.8) is 0 Å². The van der Waals surface area contributed by atoms with Crippen LogP contribution in [0, 0.1) is 0 Å². The number of sulfonamides is 1. The van der Waals surface area contributed by atoms with E-state index < -0.39 is 27.1 Å². The Morgan fingerprint density at radius 1 is 1.14 bits per heavy atom. The number of hydrogen-bond acceptors (Lipinski definition) is 3. The van der Waals surface area contributed by atoms with Crippen molar-refractivity contribution in [3.8, 4) is 5.69 Å². The number of hydrogen-bond donors (Lipinski definition) is 1. The summed E-state index contributed by atoms with van der Waals surface area (Å²) >= 11 is 0. The van der Waals surface area contributed by atoms with Gasteiger partial charge in [-0.25, -0.2) is 17.8 Å². The molecule has 0 unspecified atom stereocenters. The third-order valence-corrected chi connectivity index (χ3v) is 7.24. The van der Waals surface area contributed by atoms with Crippen molar-refractivity contribution in [3.05, 3.63) is 46.8 Å². The Hall–Kier alpha value is -1.87. The number of halogens is 3. The lowest BCUT2D eigenvalue weighted by atomic mass is 10.1. The molecule has 0 bridgehead atoms. The first-order chi connectivity index (χ1) is 13.0. The number of nitrogens with zero attached hydrogens (tertiary/aromatic N) is 2. The first-order valence-corrected chi connectivity index (χ1v) is 10.9. The second-order valence-electron chi connectivity index (χ2n) is 7.91. The normalized spacial score (nSPS) is 20.0. The van der Waals surface area contributed by atoms with Crippen molar-refractivity contribution in [2.24, 2.45) is 0 Å². The van der Waals surface area contributed by atoms with Gasteiger partial charge in [0.2, 0.25) is 10.0 Å². The van der Waals surface area contributed by atoms with Gasteiger partial charge >= 0.3 is 6.18 Å². The van der Waals surface area contributed by atoms with Crippen LogP contribution in [0.3, 0.4) is 0 Å². The van der Waals surface area contributed by atoms with Crippen LogP contribution in [0.5, 0.6) is 0 Å². The number of alkyl halides is 3. The molecule has 0 radical (unpaired) electrons. The van der Waals surface area contributed by atoms with Gasteiger partial charge in [-0.05, 0) is 68.9 Å². The molecule has 2 aliphatic carbocycles. The van der Waals surface area contributed by atoms with Crippen molar-refractivity contribution in [2.75, 3.05) is 0 Å². The minimum Gasteiger partial charge on any atom is -0.237 e. The van der Waals surface area contributed by atoms with E-state index in [0.29, 0.717) is 24.2 Å². The lowest BCUT2D eigenvalue weighted by Crippen LogP contribution is -2.39. The molecule has 1 aromatic heterocycles. The molecule has 1 aromatic carbocycles. The van der Waals surface area contributed by atoms with E-state index in [4.69, 9.17) is 0 Å². The molecular weight excluding hydrogens is 391 g/mol. The summed E-state index contributed by atoms with van der Waals surface area (Å²) in [5.41, 5.74) is 2.25. The van der Waals surface area contributed by atoms with Gasteiger partial charge < -0.3 is 0 Å². The van der Waals surface area contributed by atoms with Crippen LogP contribution in [0.25, 0.3) is 5.69 Å². The number of fused-ring (bicyclic) bond motifs is 1. The summed E-state index contributed by atoms with van der Waals surface area (Å²) in [4.78, 5) is 0. The summed E-state index contributed by atoms with van der Waals surface area (Å²) in [6, 6.07) is 6.36. The molecule has 1 fully saturated rings. The molecule has 2 aromatic rings. The third kappa shape index (κ3) is 3.69. The maximum absolute atomic E-state index is 13.1. The molecule has 28 heavy (non-hydrogen) atoms. The van der Waals surface area contributed by atoms with Crippen molar-refractivity contribution >= 4 is 10.0 Å². The zero-order chi connectivity index (χ0) is 20.3. The van der Waals surface area contributed by atoms with Gasteiger partial charge in [0.25, 0.3) is 0 Å². The van der Waals surface area contributed by atoms with Gasteiger partial charge in [-0.1, -0.05) is 6.07 Å². The molecule has 4 rings (SSSR count). The quantitative estimate of drug-likeness (QED) is 0.815. The standard InChI is InChI=1S/C19H22F3N3O2S/c1-11(2)28(26,27)24-15-7-13-5-6-16(9-14(13)8-15)25-17(12-3-4-12)10-18(23-25)19(20,21)22/h5-6,9-12,15,24H,3-4,7-8H2,1-2H3/t15-/m1/s1. The molecule has 0 spiro atoms. The fourth-order valence-electron chi connectivity index (χ4n) is 3.60. The maximum Gasteiger partial charge on any atom is 0.435 e. The van der Waals surface area contributed by atoms with Crippen molar-refractivity contribution in [2.45, 2.75) is 62.9 Å². The highest BCUT2D eigenvalue weighted by molar-refractivity contribution is 7.90. The van der Waals surface area contributed by atoms with E-state index in [1.54, 1.807) is 19.9 Å². The lowest BCUT2D eigenvalue weighted by Gasteiger charge is -2.14. The summed E-state index contributed by atoms with van der Waals surface area (Å²) in [6.07, 6.45) is -1.66. The summed E-state index contributed by atoms with van der Waals surface area (Å²) in [6.45, 7) is 3.25. The zero-order valence-corrected chi connectivity index (χ0v) is 16.4.